The lowest BCUT2D eigenvalue weighted by atomic mass is 10.0. The maximum Gasteiger partial charge on any atom is 0.155 e. The third-order valence-corrected chi connectivity index (χ3v) is 6.44. The fourth-order valence-electron chi connectivity index (χ4n) is 2.98. The average molecular weight is 303 g/mol. The van der Waals surface area contributed by atoms with Gasteiger partial charge in [0.15, 0.2) is 9.84 Å². The van der Waals surface area contributed by atoms with E-state index in [9.17, 15) is 8.42 Å². The standard InChI is InChI=1S/C13H25N3O3S/c1-19-8-9-20(17,18)11-3-6-16(7-4-11)13-2-5-15-10-12(13)14/h10-11,13,15H,2-9,14H2,1H3. The SMILES string of the molecule is COCCS(=O)(=O)C1CCN(C2CCNC=C2N)CC1. The van der Waals surface area contributed by atoms with Crippen LogP contribution in [0.25, 0.3) is 0 Å². The van der Waals surface area contributed by atoms with E-state index in [0.717, 1.165) is 31.8 Å². The third kappa shape index (κ3) is 3.65. The summed E-state index contributed by atoms with van der Waals surface area (Å²) >= 11 is 0. The van der Waals surface area contributed by atoms with Gasteiger partial charge in [-0.2, -0.15) is 0 Å². The normalized spacial score (nSPS) is 26.1. The molecule has 116 valence electrons. The number of nitrogens with zero attached hydrogens (tertiary/aromatic N) is 1. The predicted molar refractivity (Wildman–Crippen MR) is 78.9 cm³/mol. The predicted octanol–water partition coefficient (Wildman–Crippen LogP) is -0.326. The summed E-state index contributed by atoms with van der Waals surface area (Å²) in [5.41, 5.74) is 6.88. The molecule has 2 heterocycles. The molecule has 1 unspecified atom stereocenters. The van der Waals surface area contributed by atoms with Gasteiger partial charge in [-0.1, -0.05) is 0 Å². The maximum atomic E-state index is 12.1. The molecule has 0 bridgehead atoms. The number of methoxy groups -OCH3 is 1. The molecule has 0 aliphatic carbocycles. The first kappa shape index (κ1) is 15.6. The van der Waals surface area contributed by atoms with Gasteiger partial charge in [0, 0.05) is 38.6 Å². The van der Waals surface area contributed by atoms with Gasteiger partial charge in [0.05, 0.1) is 23.7 Å². The maximum absolute atomic E-state index is 12.1. The van der Waals surface area contributed by atoms with Gasteiger partial charge in [0.1, 0.15) is 0 Å². The van der Waals surface area contributed by atoms with E-state index >= 15 is 0 Å². The van der Waals surface area contributed by atoms with Crippen molar-refractivity contribution in [3.8, 4) is 0 Å². The van der Waals surface area contributed by atoms with E-state index in [2.05, 4.69) is 10.2 Å². The number of nitrogens with two attached hydrogens (primary N) is 1. The molecule has 6 nitrogen and oxygen atoms in total. The first-order chi connectivity index (χ1) is 9.54. The minimum atomic E-state index is -3.02. The summed E-state index contributed by atoms with van der Waals surface area (Å²) in [5.74, 6) is 0.129. The molecule has 7 heteroatoms. The van der Waals surface area contributed by atoms with Gasteiger partial charge in [0.2, 0.25) is 0 Å². The number of piperidine rings is 1. The van der Waals surface area contributed by atoms with Crippen LogP contribution in [0.5, 0.6) is 0 Å². The van der Waals surface area contributed by atoms with Crippen molar-refractivity contribution < 1.29 is 13.2 Å². The highest BCUT2D eigenvalue weighted by atomic mass is 32.2. The summed E-state index contributed by atoms with van der Waals surface area (Å²) in [7, 11) is -1.49. The average Bonchev–Trinajstić information content (AvgIpc) is 2.46. The number of sulfone groups is 1. The summed E-state index contributed by atoms with van der Waals surface area (Å²) in [4.78, 5) is 2.31. The van der Waals surface area contributed by atoms with Crippen LogP contribution in [0.15, 0.2) is 11.9 Å². The van der Waals surface area contributed by atoms with Crippen LogP contribution in [0.1, 0.15) is 19.3 Å². The van der Waals surface area contributed by atoms with Crippen LogP contribution in [-0.4, -0.2) is 63.7 Å². The zero-order chi connectivity index (χ0) is 14.6. The Morgan fingerprint density at radius 2 is 2.10 bits per heavy atom. The second-order valence-electron chi connectivity index (χ2n) is 5.50. The Bertz CT molecular complexity index is 442. The Morgan fingerprint density at radius 3 is 2.70 bits per heavy atom. The topological polar surface area (TPSA) is 84.7 Å². The first-order valence-electron chi connectivity index (χ1n) is 7.18. The van der Waals surface area contributed by atoms with E-state index in [1.54, 1.807) is 0 Å². The molecule has 2 rings (SSSR count). The number of nitrogens with one attached hydrogen (secondary N) is 1. The Labute approximate surface area is 121 Å². The van der Waals surface area contributed by atoms with Crippen molar-refractivity contribution in [2.75, 3.05) is 39.1 Å². The molecule has 1 atom stereocenters. The highest BCUT2D eigenvalue weighted by Gasteiger charge is 2.33. The van der Waals surface area contributed by atoms with Gasteiger partial charge < -0.3 is 15.8 Å². The molecule has 1 saturated heterocycles. The lowest BCUT2D eigenvalue weighted by molar-refractivity contribution is 0.172. The fourth-order valence-corrected chi connectivity index (χ4v) is 4.64. The molecule has 0 aromatic heterocycles. The molecule has 0 spiro atoms. The molecule has 0 aromatic rings. The zero-order valence-electron chi connectivity index (χ0n) is 12.0. The molecular weight excluding hydrogens is 278 g/mol. The third-order valence-electron chi connectivity index (χ3n) is 4.21. The van der Waals surface area contributed by atoms with Gasteiger partial charge in [-0.3, -0.25) is 4.90 Å². The molecule has 0 amide bonds. The molecule has 0 saturated carbocycles. The van der Waals surface area contributed by atoms with Crippen molar-refractivity contribution in [2.24, 2.45) is 5.73 Å². The number of hydrogen-bond acceptors (Lipinski definition) is 6. The van der Waals surface area contributed by atoms with Crippen molar-refractivity contribution >= 4 is 9.84 Å². The largest absolute Gasteiger partial charge is 0.400 e. The smallest absolute Gasteiger partial charge is 0.155 e. The molecule has 20 heavy (non-hydrogen) atoms. The summed E-state index contributed by atoms with van der Waals surface area (Å²) in [6, 6.07) is 0.263. The molecule has 2 aliphatic rings. The van der Waals surface area contributed by atoms with Gasteiger partial charge in [-0.25, -0.2) is 8.42 Å². The Balaban J connectivity index is 1.89. The second kappa shape index (κ2) is 6.78. The number of hydrogen-bond donors (Lipinski definition) is 2. The Hall–Kier alpha value is -0.790. The van der Waals surface area contributed by atoms with Gasteiger partial charge >= 0.3 is 0 Å². The first-order valence-corrected chi connectivity index (χ1v) is 8.89. The minimum absolute atomic E-state index is 0.129. The van der Waals surface area contributed by atoms with E-state index in [1.807, 2.05) is 6.20 Å². The van der Waals surface area contributed by atoms with Crippen molar-refractivity contribution in [1.82, 2.24) is 10.2 Å². The van der Waals surface area contributed by atoms with Crippen LogP contribution in [0.3, 0.4) is 0 Å². The molecule has 1 fully saturated rings. The van der Waals surface area contributed by atoms with E-state index in [-0.39, 0.29) is 23.7 Å². The van der Waals surface area contributed by atoms with E-state index < -0.39 is 9.84 Å². The van der Waals surface area contributed by atoms with Gasteiger partial charge in [0.25, 0.3) is 0 Å². The Kier molecular flexibility index (Phi) is 5.29. The van der Waals surface area contributed by atoms with E-state index in [0.29, 0.717) is 12.8 Å². The summed E-state index contributed by atoms with van der Waals surface area (Å²) < 4.78 is 29.2. The van der Waals surface area contributed by atoms with E-state index in [1.165, 1.54) is 7.11 Å². The lowest BCUT2D eigenvalue weighted by Gasteiger charge is -2.38. The number of rotatable bonds is 5. The van der Waals surface area contributed by atoms with Crippen LogP contribution in [0, 0.1) is 0 Å². The van der Waals surface area contributed by atoms with Crippen molar-refractivity contribution in [3.05, 3.63) is 11.9 Å². The lowest BCUT2D eigenvalue weighted by Crippen LogP contribution is -2.49. The van der Waals surface area contributed by atoms with Gasteiger partial charge in [-0.05, 0) is 19.3 Å². The molecule has 0 aromatic carbocycles. The molecule has 2 aliphatic heterocycles. The quantitative estimate of drug-likeness (QED) is 0.724. The van der Waals surface area contributed by atoms with Crippen LogP contribution in [0.4, 0.5) is 0 Å². The summed E-state index contributed by atoms with van der Waals surface area (Å²) in [6.45, 7) is 2.82. The van der Waals surface area contributed by atoms with Crippen LogP contribution in [-0.2, 0) is 14.6 Å². The Morgan fingerprint density at radius 1 is 1.40 bits per heavy atom. The molecular formula is C13H25N3O3S. The van der Waals surface area contributed by atoms with Crippen molar-refractivity contribution in [2.45, 2.75) is 30.6 Å². The number of ether oxygens (including phenoxy) is 1. The van der Waals surface area contributed by atoms with Crippen LogP contribution < -0.4 is 11.1 Å². The number of likely N-dealkylation sites (tertiary alicyclic amines) is 1. The fraction of sp³-hybridized carbons (Fsp3) is 0.846. The highest BCUT2D eigenvalue weighted by molar-refractivity contribution is 7.92. The highest BCUT2D eigenvalue weighted by Crippen LogP contribution is 2.23. The molecule has 0 radical (unpaired) electrons. The molecule has 3 N–H and O–H groups in total. The van der Waals surface area contributed by atoms with Crippen LogP contribution >= 0.6 is 0 Å². The van der Waals surface area contributed by atoms with Crippen LogP contribution in [0.2, 0.25) is 0 Å². The zero-order valence-corrected chi connectivity index (χ0v) is 12.9. The van der Waals surface area contributed by atoms with Crippen molar-refractivity contribution in [3.63, 3.8) is 0 Å². The second-order valence-corrected chi connectivity index (χ2v) is 7.90. The monoisotopic (exact) mass is 303 g/mol. The minimum Gasteiger partial charge on any atom is -0.400 e. The summed E-state index contributed by atoms with van der Waals surface area (Å²) in [6.07, 6.45) is 4.26. The summed E-state index contributed by atoms with van der Waals surface area (Å²) in [5, 5.41) is 2.91. The van der Waals surface area contributed by atoms with Gasteiger partial charge in [-0.15, -0.1) is 0 Å². The van der Waals surface area contributed by atoms with Crippen molar-refractivity contribution in [1.29, 1.82) is 0 Å². The van der Waals surface area contributed by atoms with E-state index in [4.69, 9.17) is 10.5 Å².